The Balaban J connectivity index is 2.20. The van der Waals surface area contributed by atoms with E-state index in [0.717, 1.165) is 27.3 Å². The lowest BCUT2D eigenvalue weighted by molar-refractivity contribution is 0.437. The van der Waals surface area contributed by atoms with E-state index < -0.39 is 0 Å². The molecule has 1 rings (SSSR count). The second-order valence-corrected chi connectivity index (χ2v) is 8.04. The van der Waals surface area contributed by atoms with Crippen molar-refractivity contribution in [2.75, 3.05) is 5.75 Å². The van der Waals surface area contributed by atoms with Crippen LogP contribution in [0, 0.1) is 20.8 Å². The van der Waals surface area contributed by atoms with Crippen molar-refractivity contribution in [3.05, 3.63) is 16.7 Å². The zero-order chi connectivity index (χ0) is 17.9. The molecule has 0 fully saturated rings. The number of unbranched alkanes of at least 4 members (excludes halogenated alkanes) is 9. The molecule has 0 spiro atoms. The van der Waals surface area contributed by atoms with E-state index in [1.807, 2.05) is 20.8 Å². The van der Waals surface area contributed by atoms with Crippen LogP contribution in [0.5, 0.6) is 11.5 Å². The van der Waals surface area contributed by atoms with Gasteiger partial charge in [-0.2, -0.15) is 0 Å². The molecule has 1 aromatic rings. The summed E-state index contributed by atoms with van der Waals surface area (Å²) >= 11 is 1.68. The molecule has 24 heavy (non-hydrogen) atoms. The maximum Gasteiger partial charge on any atom is 0.132 e. The molecule has 0 saturated heterocycles. The molecule has 0 aliphatic carbocycles. The summed E-state index contributed by atoms with van der Waals surface area (Å²) in [5.74, 6) is 1.68. The van der Waals surface area contributed by atoms with E-state index in [1.165, 1.54) is 64.2 Å². The van der Waals surface area contributed by atoms with Crippen LogP contribution >= 0.6 is 11.8 Å². The van der Waals surface area contributed by atoms with Crippen LogP contribution in [0.15, 0.2) is 4.90 Å². The Labute approximate surface area is 153 Å². The Morgan fingerprint density at radius 2 is 1.08 bits per heavy atom. The molecule has 1 aromatic carbocycles. The summed E-state index contributed by atoms with van der Waals surface area (Å²) in [5.41, 5.74) is 2.39. The van der Waals surface area contributed by atoms with Crippen molar-refractivity contribution in [3.63, 3.8) is 0 Å². The van der Waals surface area contributed by atoms with Crippen LogP contribution in [-0.4, -0.2) is 16.0 Å². The van der Waals surface area contributed by atoms with E-state index in [0.29, 0.717) is 11.5 Å². The summed E-state index contributed by atoms with van der Waals surface area (Å²) in [5, 5.41) is 20.5. The Morgan fingerprint density at radius 3 is 1.62 bits per heavy atom. The minimum Gasteiger partial charge on any atom is -0.507 e. The van der Waals surface area contributed by atoms with E-state index in [4.69, 9.17) is 0 Å². The highest BCUT2D eigenvalue weighted by molar-refractivity contribution is 7.99. The number of hydrogen-bond acceptors (Lipinski definition) is 3. The van der Waals surface area contributed by atoms with Crippen LogP contribution in [-0.2, 0) is 0 Å². The summed E-state index contributed by atoms with van der Waals surface area (Å²) in [6.07, 6.45) is 13.4. The molecule has 0 bridgehead atoms. The van der Waals surface area contributed by atoms with Gasteiger partial charge in [0.25, 0.3) is 0 Å². The number of phenolic OH excluding ortho intramolecular Hbond substituents is 2. The Hall–Kier alpha value is -0.830. The Morgan fingerprint density at radius 1 is 0.625 bits per heavy atom. The van der Waals surface area contributed by atoms with Crippen molar-refractivity contribution in [2.24, 2.45) is 0 Å². The summed E-state index contributed by atoms with van der Waals surface area (Å²) in [7, 11) is 0. The molecule has 2 N–H and O–H groups in total. The summed E-state index contributed by atoms with van der Waals surface area (Å²) in [4.78, 5) is 0.853. The number of aromatic hydroxyl groups is 2. The number of benzene rings is 1. The second-order valence-electron chi connectivity index (χ2n) is 6.93. The minimum absolute atomic E-state index is 0.330. The maximum atomic E-state index is 10.3. The summed E-state index contributed by atoms with van der Waals surface area (Å²) in [6.45, 7) is 7.88. The smallest absolute Gasteiger partial charge is 0.132 e. The first kappa shape index (κ1) is 21.2. The molecular weight excluding hydrogens is 316 g/mol. The molecule has 0 aliphatic heterocycles. The predicted octanol–water partition coefficient (Wildman–Crippen LogP) is 7.04. The van der Waals surface area contributed by atoms with Gasteiger partial charge in [-0.1, -0.05) is 64.7 Å². The van der Waals surface area contributed by atoms with E-state index in [9.17, 15) is 10.2 Å². The first-order valence-electron chi connectivity index (χ1n) is 9.65. The zero-order valence-electron chi connectivity index (χ0n) is 16.1. The highest BCUT2D eigenvalue weighted by atomic mass is 32.2. The van der Waals surface area contributed by atoms with Gasteiger partial charge in [-0.25, -0.2) is 0 Å². The molecule has 0 saturated carbocycles. The van der Waals surface area contributed by atoms with E-state index in [2.05, 4.69) is 6.92 Å². The van der Waals surface area contributed by atoms with Gasteiger partial charge in [0.15, 0.2) is 0 Å². The van der Waals surface area contributed by atoms with Crippen molar-refractivity contribution in [3.8, 4) is 11.5 Å². The lowest BCUT2D eigenvalue weighted by Gasteiger charge is -2.15. The van der Waals surface area contributed by atoms with Crippen molar-refractivity contribution in [1.29, 1.82) is 0 Å². The van der Waals surface area contributed by atoms with Crippen molar-refractivity contribution >= 4 is 11.8 Å². The largest absolute Gasteiger partial charge is 0.507 e. The van der Waals surface area contributed by atoms with Crippen molar-refractivity contribution in [2.45, 2.75) is 96.8 Å². The fourth-order valence-corrected chi connectivity index (χ4v) is 4.19. The fraction of sp³-hybridized carbons (Fsp3) is 0.714. The highest BCUT2D eigenvalue weighted by Crippen LogP contribution is 2.42. The molecule has 0 atom stereocenters. The van der Waals surface area contributed by atoms with Gasteiger partial charge in [-0.15, -0.1) is 11.8 Å². The van der Waals surface area contributed by atoms with E-state index in [-0.39, 0.29) is 0 Å². The monoisotopic (exact) mass is 352 g/mol. The molecule has 2 nitrogen and oxygen atoms in total. The van der Waals surface area contributed by atoms with Crippen LogP contribution < -0.4 is 0 Å². The van der Waals surface area contributed by atoms with Crippen LogP contribution in [0.3, 0.4) is 0 Å². The summed E-state index contributed by atoms with van der Waals surface area (Å²) < 4.78 is 0. The van der Waals surface area contributed by atoms with Crippen molar-refractivity contribution in [1.82, 2.24) is 0 Å². The molecule has 0 unspecified atom stereocenters. The number of hydrogen-bond donors (Lipinski definition) is 2. The van der Waals surface area contributed by atoms with Gasteiger partial charge in [0.05, 0.1) is 4.90 Å². The van der Waals surface area contributed by atoms with Gasteiger partial charge < -0.3 is 10.2 Å². The molecule has 0 aromatic heterocycles. The third-order valence-electron chi connectivity index (χ3n) is 4.93. The molecule has 0 radical (unpaired) electrons. The molecule has 0 aliphatic rings. The van der Waals surface area contributed by atoms with Gasteiger partial charge in [0.2, 0.25) is 0 Å². The molecule has 138 valence electrons. The second kappa shape index (κ2) is 11.7. The van der Waals surface area contributed by atoms with E-state index in [1.54, 1.807) is 11.8 Å². The molecular formula is C21H36O2S. The first-order chi connectivity index (χ1) is 11.5. The Kier molecular flexibility index (Phi) is 10.3. The van der Waals surface area contributed by atoms with Crippen LogP contribution in [0.4, 0.5) is 0 Å². The minimum atomic E-state index is 0.330. The van der Waals surface area contributed by atoms with Crippen molar-refractivity contribution < 1.29 is 10.2 Å². The van der Waals surface area contributed by atoms with Crippen LogP contribution in [0.2, 0.25) is 0 Å². The fourth-order valence-electron chi connectivity index (χ4n) is 3.03. The average Bonchev–Trinajstić information content (AvgIpc) is 2.58. The molecule has 0 heterocycles. The molecule has 0 amide bonds. The predicted molar refractivity (Wildman–Crippen MR) is 107 cm³/mol. The van der Waals surface area contributed by atoms with Gasteiger partial charge in [0.1, 0.15) is 11.5 Å². The van der Waals surface area contributed by atoms with Gasteiger partial charge in [-0.3, -0.25) is 0 Å². The topological polar surface area (TPSA) is 40.5 Å². The van der Waals surface area contributed by atoms with Gasteiger partial charge >= 0.3 is 0 Å². The zero-order valence-corrected chi connectivity index (χ0v) is 16.9. The maximum absolute atomic E-state index is 10.3. The van der Waals surface area contributed by atoms with Crippen LogP contribution in [0.1, 0.15) is 87.8 Å². The number of thioether (sulfide) groups is 1. The Bertz CT molecular complexity index is 468. The van der Waals surface area contributed by atoms with Gasteiger partial charge in [0, 0.05) is 5.56 Å². The van der Waals surface area contributed by atoms with Gasteiger partial charge in [-0.05, 0) is 44.1 Å². The standard InChI is InChI=1S/C21H36O2S/c1-5-6-7-8-9-10-11-12-13-14-15-24-21-18(4)19(22)16(2)17(3)20(21)23/h22-23H,5-15H2,1-4H3. The number of phenols is 2. The average molecular weight is 353 g/mol. The normalized spacial score (nSPS) is 11.2. The quantitative estimate of drug-likeness (QED) is 0.241. The summed E-state index contributed by atoms with van der Waals surface area (Å²) in [6, 6.07) is 0. The highest BCUT2D eigenvalue weighted by Gasteiger charge is 2.16. The number of rotatable bonds is 12. The van der Waals surface area contributed by atoms with E-state index >= 15 is 0 Å². The third-order valence-corrected chi connectivity index (χ3v) is 6.21. The lowest BCUT2D eigenvalue weighted by Crippen LogP contribution is -1.92. The first-order valence-corrected chi connectivity index (χ1v) is 10.6. The SMILES string of the molecule is CCCCCCCCCCCCSc1c(C)c(O)c(C)c(C)c1O. The molecule has 3 heteroatoms. The lowest BCUT2D eigenvalue weighted by atomic mass is 10.0. The third kappa shape index (κ3) is 6.58. The van der Waals surface area contributed by atoms with Crippen LogP contribution in [0.25, 0.3) is 0 Å².